The minimum Gasteiger partial charge on any atom is -0.323 e. The van der Waals surface area contributed by atoms with Crippen molar-refractivity contribution in [3.8, 4) is 0 Å². The first-order chi connectivity index (χ1) is 8.70. The number of carbonyl (C=O) groups is 1. The SMILES string of the molecule is CC(C)CC(N)C(=O)Nc1ccc(S(C)(=O)=O)nc1. The second kappa shape index (κ2) is 6.12. The number of nitrogens with two attached hydrogens (primary N) is 1. The van der Waals surface area contributed by atoms with Crippen LogP contribution < -0.4 is 11.1 Å². The average molecular weight is 285 g/mol. The van der Waals surface area contributed by atoms with Crippen molar-refractivity contribution in [1.29, 1.82) is 0 Å². The standard InChI is InChI=1S/C12H19N3O3S/c1-8(2)6-10(13)12(16)15-9-4-5-11(14-7-9)19(3,17)18/h4-5,7-8,10H,6,13H2,1-3H3,(H,15,16). The highest BCUT2D eigenvalue weighted by Gasteiger charge is 2.15. The Morgan fingerprint density at radius 1 is 1.42 bits per heavy atom. The normalized spacial score (nSPS) is 13.3. The Labute approximate surface area is 113 Å². The zero-order chi connectivity index (χ0) is 14.6. The summed E-state index contributed by atoms with van der Waals surface area (Å²) in [7, 11) is -3.33. The molecule has 1 aromatic rings. The lowest BCUT2D eigenvalue weighted by Gasteiger charge is -2.14. The number of nitrogens with one attached hydrogen (secondary N) is 1. The molecule has 6 nitrogen and oxygen atoms in total. The second-order valence-electron chi connectivity index (χ2n) is 4.88. The number of carbonyl (C=O) groups excluding carboxylic acids is 1. The maximum absolute atomic E-state index is 11.7. The van der Waals surface area contributed by atoms with E-state index in [2.05, 4.69) is 10.3 Å². The van der Waals surface area contributed by atoms with Crippen molar-refractivity contribution in [3.05, 3.63) is 18.3 Å². The van der Waals surface area contributed by atoms with Crippen LogP contribution in [-0.4, -0.2) is 31.6 Å². The van der Waals surface area contributed by atoms with Crippen LogP contribution in [0.25, 0.3) is 0 Å². The van der Waals surface area contributed by atoms with Gasteiger partial charge in [-0.3, -0.25) is 4.79 Å². The largest absolute Gasteiger partial charge is 0.323 e. The summed E-state index contributed by atoms with van der Waals surface area (Å²) < 4.78 is 22.5. The van der Waals surface area contributed by atoms with Crippen LogP contribution in [-0.2, 0) is 14.6 Å². The summed E-state index contributed by atoms with van der Waals surface area (Å²) in [6.45, 7) is 3.96. The molecule has 1 heterocycles. The Hall–Kier alpha value is -1.47. The predicted molar refractivity (Wildman–Crippen MR) is 73.4 cm³/mol. The molecule has 1 unspecified atom stereocenters. The van der Waals surface area contributed by atoms with Crippen molar-refractivity contribution < 1.29 is 13.2 Å². The lowest BCUT2D eigenvalue weighted by molar-refractivity contribution is -0.117. The lowest BCUT2D eigenvalue weighted by Crippen LogP contribution is -2.36. The molecule has 0 spiro atoms. The first-order valence-corrected chi connectivity index (χ1v) is 7.82. The van der Waals surface area contributed by atoms with E-state index in [0.717, 1.165) is 6.26 Å². The molecular weight excluding hydrogens is 266 g/mol. The van der Waals surface area contributed by atoms with E-state index in [-0.39, 0.29) is 10.9 Å². The van der Waals surface area contributed by atoms with Gasteiger partial charge in [0.05, 0.1) is 17.9 Å². The summed E-state index contributed by atoms with van der Waals surface area (Å²) in [5, 5.41) is 2.57. The van der Waals surface area contributed by atoms with Gasteiger partial charge in [0.25, 0.3) is 0 Å². The molecule has 106 valence electrons. The second-order valence-corrected chi connectivity index (χ2v) is 6.85. The van der Waals surface area contributed by atoms with E-state index in [9.17, 15) is 13.2 Å². The molecule has 19 heavy (non-hydrogen) atoms. The molecule has 0 aliphatic heterocycles. The van der Waals surface area contributed by atoms with Crippen LogP contribution in [0.3, 0.4) is 0 Å². The molecule has 1 amide bonds. The van der Waals surface area contributed by atoms with Crippen molar-refractivity contribution in [2.45, 2.75) is 31.3 Å². The van der Waals surface area contributed by atoms with Gasteiger partial charge >= 0.3 is 0 Å². The number of anilines is 1. The Morgan fingerprint density at radius 2 is 2.05 bits per heavy atom. The third-order valence-corrected chi connectivity index (χ3v) is 3.45. The van der Waals surface area contributed by atoms with Crippen LogP contribution in [0.15, 0.2) is 23.4 Å². The molecule has 0 fully saturated rings. The number of sulfone groups is 1. The number of nitrogens with zero attached hydrogens (tertiary/aromatic N) is 1. The third kappa shape index (κ3) is 4.96. The monoisotopic (exact) mass is 285 g/mol. The van der Waals surface area contributed by atoms with E-state index in [1.807, 2.05) is 13.8 Å². The van der Waals surface area contributed by atoms with Crippen LogP contribution in [0.2, 0.25) is 0 Å². The summed E-state index contributed by atoms with van der Waals surface area (Å²) >= 11 is 0. The molecule has 3 N–H and O–H groups in total. The van der Waals surface area contributed by atoms with Crippen LogP contribution in [0.1, 0.15) is 20.3 Å². The van der Waals surface area contributed by atoms with Gasteiger partial charge in [-0.1, -0.05) is 13.8 Å². The Balaban J connectivity index is 2.71. The van der Waals surface area contributed by atoms with E-state index in [0.29, 0.717) is 18.0 Å². The highest BCUT2D eigenvalue weighted by atomic mass is 32.2. The quantitative estimate of drug-likeness (QED) is 0.833. The van der Waals surface area contributed by atoms with Gasteiger partial charge in [-0.15, -0.1) is 0 Å². The number of amides is 1. The van der Waals surface area contributed by atoms with Crippen molar-refractivity contribution in [2.75, 3.05) is 11.6 Å². The Morgan fingerprint density at radius 3 is 2.47 bits per heavy atom. The summed E-state index contributed by atoms with van der Waals surface area (Å²) in [6.07, 6.45) is 2.96. The fourth-order valence-electron chi connectivity index (χ4n) is 1.52. The van der Waals surface area contributed by atoms with E-state index < -0.39 is 15.9 Å². The van der Waals surface area contributed by atoms with Gasteiger partial charge in [-0.25, -0.2) is 13.4 Å². The summed E-state index contributed by atoms with van der Waals surface area (Å²) in [5.74, 6) is 0.0223. The Kier molecular flexibility index (Phi) is 5.02. The number of aromatic nitrogens is 1. The summed E-state index contributed by atoms with van der Waals surface area (Å²) in [4.78, 5) is 15.5. The molecular formula is C12H19N3O3S. The number of rotatable bonds is 5. The molecule has 0 aliphatic rings. The molecule has 0 saturated heterocycles. The molecule has 1 atom stereocenters. The minimum absolute atomic E-state index is 0.0306. The van der Waals surface area contributed by atoms with Crippen molar-refractivity contribution in [2.24, 2.45) is 11.7 Å². The lowest BCUT2D eigenvalue weighted by atomic mass is 10.0. The van der Waals surface area contributed by atoms with Gasteiger partial charge < -0.3 is 11.1 Å². The van der Waals surface area contributed by atoms with E-state index >= 15 is 0 Å². The summed E-state index contributed by atoms with van der Waals surface area (Å²) in [6, 6.07) is 2.25. The topological polar surface area (TPSA) is 102 Å². The van der Waals surface area contributed by atoms with Gasteiger partial charge in [-0.05, 0) is 24.5 Å². The van der Waals surface area contributed by atoms with E-state index in [1.54, 1.807) is 0 Å². The first-order valence-electron chi connectivity index (χ1n) is 5.92. The minimum atomic E-state index is -3.33. The van der Waals surface area contributed by atoms with Gasteiger partial charge in [-0.2, -0.15) is 0 Å². The number of pyridine rings is 1. The van der Waals surface area contributed by atoms with Gasteiger partial charge in [0.15, 0.2) is 14.9 Å². The third-order valence-electron chi connectivity index (χ3n) is 2.45. The van der Waals surface area contributed by atoms with Crippen molar-refractivity contribution >= 4 is 21.4 Å². The molecule has 1 rings (SSSR count). The van der Waals surface area contributed by atoms with Gasteiger partial charge in [0.2, 0.25) is 5.91 Å². The molecule has 0 radical (unpaired) electrons. The number of hydrogen-bond acceptors (Lipinski definition) is 5. The van der Waals surface area contributed by atoms with Gasteiger partial charge in [0.1, 0.15) is 0 Å². The fraction of sp³-hybridized carbons (Fsp3) is 0.500. The van der Waals surface area contributed by atoms with Gasteiger partial charge in [0, 0.05) is 6.26 Å². The van der Waals surface area contributed by atoms with E-state index in [4.69, 9.17) is 5.73 Å². The zero-order valence-electron chi connectivity index (χ0n) is 11.3. The highest BCUT2D eigenvalue weighted by Crippen LogP contribution is 2.11. The van der Waals surface area contributed by atoms with Crippen LogP contribution in [0.4, 0.5) is 5.69 Å². The maximum atomic E-state index is 11.7. The maximum Gasteiger partial charge on any atom is 0.241 e. The van der Waals surface area contributed by atoms with Crippen LogP contribution in [0, 0.1) is 5.92 Å². The molecule has 0 aliphatic carbocycles. The number of hydrogen-bond donors (Lipinski definition) is 2. The van der Waals surface area contributed by atoms with E-state index in [1.165, 1.54) is 18.3 Å². The Bertz CT molecular complexity index is 538. The molecule has 1 aromatic heterocycles. The summed E-state index contributed by atoms with van der Waals surface area (Å²) in [5.41, 5.74) is 6.16. The smallest absolute Gasteiger partial charge is 0.241 e. The molecule has 7 heteroatoms. The molecule has 0 bridgehead atoms. The predicted octanol–water partition coefficient (Wildman–Crippen LogP) is 0.797. The fourth-order valence-corrected chi connectivity index (χ4v) is 2.08. The zero-order valence-corrected chi connectivity index (χ0v) is 12.1. The van der Waals surface area contributed by atoms with Crippen molar-refractivity contribution in [3.63, 3.8) is 0 Å². The van der Waals surface area contributed by atoms with Crippen molar-refractivity contribution in [1.82, 2.24) is 4.98 Å². The first kappa shape index (κ1) is 15.6. The average Bonchev–Trinajstić information content (AvgIpc) is 2.27. The van der Waals surface area contributed by atoms with Crippen LogP contribution >= 0.6 is 0 Å². The highest BCUT2D eigenvalue weighted by molar-refractivity contribution is 7.90. The van der Waals surface area contributed by atoms with Crippen LogP contribution in [0.5, 0.6) is 0 Å². The molecule has 0 aromatic carbocycles. The molecule has 0 saturated carbocycles.